The van der Waals surface area contributed by atoms with Gasteiger partial charge in [-0.2, -0.15) is 0 Å². The van der Waals surface area contributed by atoms with Gasteiger partial charge in [-0.25, -0.2) is 4.98 Å². The molecule has 0 bridgehead atoms. The SMILES string of the molecule is Cc1sc(CCO)nc1-c1cccs1. The molecule has 4 heteroatoms. The number of aromatic nitrogens is 1. The molecule has 0 aliphatic carbocycles. The minimum Gasteiger partial charge on any atom is -0.396 e. The highest BCUT2D eigenvalue weighted by atomic mass is 32.1. The fourth-order valence-electron chi connectivity index (χ4n) is 1.30. The lowest BCUT2D eigenvalue weighted by molar-refractivity contribution is 0.299. The molecule has 2 rings (SSSR count). The standard InChI is InChI=1S/C10H11NOS2/c1-7-10(8-3-2-6-13-8)11-9(14-7)4-5-12/h2-3,6,12H,4-5H2,1H3. The van der Waals surface area contributed by atoms with Gasteiger partial charge in [-0.1, -0.05) is 6.07 Å². The molecule has 2 heterocycles. The summed E-state index contributed by atoms with van der Waals surface area (Å²) in [5.41, 5.74) is 1.08. The third-order valence-electron chi connectivity index (χ3n) is 1.92. The van der Waals surface area contributed by atoms with Gasteiger partial charge >= 0.3 is 0 Å². The molecule has 0 aliphatic rings. The van der Waals surface area contributed by atoms with Crippen LogP contribution in [0.3, 0.4) is 0 Å². The Balaban J connectivity index is 2.35. The average molecular weight is 225 g/mol. The lowest BCUT2D eigenvalue weighted by Crippen LogP contribution is -1.88. The second-order valence-corrected chi connectivity index (χ2v) is 5.20. The van der Waals surface area contributed by atoms with Crippen molar-refractivity contribution in [2.45, 2.75) is 13.3 Å². The van der Waals surface area contributed by atoms with Crippen LogP contribution in [0.15, 0.2) is 17.5 Å². The van der Waals surface area contributed by atoms with Crippen LogP contribution in [-0.4, -0.2) is 16.7 Å². The molecule has 0 atom stereocenters. The number of thiazole rings is 1. The summed E-state index contributed by atoms with van der Waals surface area (Å²) < 4.78 is 0. The highest BCUT2D eigenvalue weighted by molar-refractivity contribution is 7.15. The number of hydrogen-bond donors (Lipinski definition) is 1. The molecule has 0 amide bonds. The Bertz CT molecular complexity index is 406. The molecule has 74 valence electrons. The van der Waals surface area contributed by atoms with Gasteiger partial charge < -0.3 is 5.11 Å². The summed E-state index contributed by atoms with van der Waals surface area (Å²) in [7, 11) is 0. The Morgan fingerprint density at radius 2 is 2.36 bits per heavy atom. The first-order valence-corrected chi connectivity index (χ1v) is 6.12. The van der Waals surface area contributed by atoms with Crippen LogP contribution in [0.25, 0.3) is 10.6 Å². The van der Waals surface area contributed by atoms with E-state index in [1.165, 1.54) is 9.75 Å². The molecule has 1 N–H and O–H groups in total. The highest BCUT2D eigenvalue weighted by Crippen LogP contribution is 2.30. The minimum absolute atomic E-state index is 0.177. The molecular formula is C10H11NOS2. The second-order valence-electron chi connectivity index (χ2n) is 2.96. The largest absolute Gasteiger partial charge is 0.396 e. The molecule has 2 aromatic heterocycles. The van der Waals surface area contributed by atoms with Crippen molar-refractivity contribution in [1.29, 1.82) is 0 Å². The summed E-state index contributed by atoms with van der Waals surface area (Å²) in [6.07, 6.45) is 0.664. The van der Waals surface area contributed by atoms with Crippen molar-refractivity contribution in [2.24, 2.45) is 0 Å². The fraction of sp³-hybridized carbons (Fsp3) is 0.300. The van der Waals surface area contributed by atoms with Gasteiger partial charge in [0.25, 0.3) is 0 Å². The number of aliphatic hydroxyl groups is 1. The Hall–Kier alpha value is -0.710. The molecule has 0 aliphatic heterocycles. The fourth-order valence-corrected chi connectivity index (χ4v) is 3.07. The van der Waals surface area contributed by atoms with E-state index in [4.69, 9.17) is 5.11 Å². The van der Waals surface area contributed by atoms with Crippen LogP contribution >= 0.6 is 22.7 Å². The van der Waals surface area contributed by atoms with E-state index in [-0.39, 0.29) is 6.61 Å². The lowest BCUT2D eigenvalue weighted by Gasteiger charge is -1.90. The molecular weight excluding hydrogens is 214 g/mol. The second kappa shape index (κ2) is 4.21. The van der Waals surface area contributed by atoms with Crippen LogP contribution in [0.1, 0.15) is 9.88 Å². The molecule has 0 fully saturated rings. The van der Waals surface area contributed by atoms with E-state index in [2.05, 4.69) is 23.4 Å². The maximum atomic E-state index is 8.82. The van der Waals surface area contributed by atoms with E-state index in [0.29, 0.717) is 6.42 Å². The molecule has 0 aromatic carbocycles. The van der Waals surface area contributed by atoms with Gasteiger partial charge in [0, 0.05) is 17.9 Å². The summed E-state index contributed by atoms with van der Waals surface area (Å²) >= 11 is 3.38. The molecule has 2 aromatic rings. The molecule has 0 saturated carbocycles. The predicted molar refractivity (Wildman–Crippen MR) is 61.0 cm³/mol. The normalized spacial score (nSPS) is 10.7. The van der Waals surface area contributed by atoms with Crippen molar-refractivity contribution < 1.29 is 5.11 Å². The van der Waals surface area contributed by atoms with Crippen LogP contribution in [-0.2, 0) is 6.42 Å². The van der Waals surface area contributed by atoms with Crippen molar-refractivity contribution in [3.05, 3.63) is 27.4 Å². The molecule has 0 saturated heterocycles. The van der Waals surface area contributed by atoms with Crippen molar-refractivity contribution in [3.63, 3.8) is 0 Å². The van der Waals surface area contributed by atoms with E-state index >= 15 is 0 Å². The quantitative estimate of drug-likeness (QED) is 0.871. The third-order valence-corrected chi connectivity index (χ3v) is 3.83. The smallest absolute Gasteiger partial charge is 0.0958 e. The van der Waals surface area contributed by atoms with Crippen LogP contribution in [0.4, 0.5) is 0 Å². The van der Waals surface area contributed by atoms with Gasteiger partial charge in [-0.15, -0.1) is 22.7 Å². The number of rotatable bonds is 3. The Morgan fingerprint density at radius 1 is 1.50 bits per heavy atom. The highest BCUT2D eigenvalue weighted by Gasteiger charge is 2.09. The van der Waals surface area contributed by atoms with E-state index in [9.17, 15) is 0 Å². The van der Waals surface area contributed by atoms with E-state index in [1.54, 1.807) is 22.7 Å². The topological polar surface area (TPSA) is 33.1 Å². The van der Waals surface area contributed by atoms with Crippen LogP contribution in [0, 0.1) is 6.92 Å². The van der Waals surface area contributed by atoms with Gasteiger partial charge in [0.1, 0.15) is 0 Å². The first-order valence-electron chi connectivity index (χ1n) is 4.42. The molecule has 2 nitrogen and oxygen atoms in total. The monoisotopic (exact) mass is 225 g/mol. The number of thiophene rings is 1. The van der Waals surface area contributed by atoms with Crippen molar-refractivity contribution in [3.8, 4) is 10.6 Å². The summed E-state index contributed by atoms with van der Waals surface area (Å²) in [5.74, 6) is 0. The van der Waals surface area contributed by atoms with E-state index in [0.717, 1.165) is 10.7 Å². The van der Waals surface area contributed by atoms with Crippen LogP contribution in [0.2, 0.25) is 0 Å². The molecule has 0 radical (unpaired) electrons. The zero-order valence-corrected chi connectivity index (χ0v) is 9.49. The number of hydrogen-bond acceptors (Lipinski definition) is 4. The summed E-state index contributed by atoms with van der Waals surface area (Å²) in [5, 5.41) is 11.9. The van der Waals surface area contributed by atoms with Gasteiger partial charge in [0.05, 0.1) is 15.6 Å². The third kappa shape index (κ3) is 1.87. The lowest BCUT2D eigenvalue weighted by atomic mass is 10.3. The summed E-state index contributed by atoms with van der Waals surface area (Å²) in [6.45, 7) is 2.25. The van der Waals surface area contributed by atoms with Gasteiger partial charge in [0.2, 0.25) is 0 Å². The maximum Gasteiger partial charge on any atom is 0.0958 e. The Morgan fingerprint density at radius 3 is 3.00 bits per heavy atom. The molecule has 0 spiro atoms. The number of aryl methyl sites for hydroxylation is 1. The molecule has 0 unspecified atom stereocenters. The average Bonchev–Trinajstić information content (AvgIpc) is 2.74. The Labute approximate surface area is 90.9 Å². The first-order chi connectivity index (χ1) is 6.81. The van der Waals surface area contributed by atoms with E-state index in [1.807, 2.05) is 6.07 Å². The zero-order valence-electron chi connectivity index (χ0n) is 7.86. The number of nitrogens with zero attached hydrogens (tertiary/aromatic N) is 1. The summed E-state index contributed by atoms with van der Waals surface area (Å²) in [4.78, 5) is 6.95. The van der Waals surface area contributed by atoms with Crippen LogP contribution < -0.4 is 0 Å². The molecule has 14 heavy (non-hydrogen) atoms. The van der Waals surface area contributed by atoms with E-state index < -0.39 is 0 Å². The number of aliphatic hydroxyl groups excluding tert-OH is 1. The first kappa shape index (κ1) is 9.83. The summed E-state index contributed by atoms with van der Waals surface area (Å²) in [6, 6.07) is 4.11. The van der Waals surface area contributed by atoms with Crippen molar-refractivity contribution >= 4 is 22.7 Å². The minimum atomic E-state index is 0.177. The van der Waals surface area contributed by atoms with Gasteiger partial charge in [0.15, 0.2) is 0 Å². The van der Waals surface area contributed by atoms with Crippen molar-refractivity contribution in [2.75, 3.05) is 6.61 Å². The van der Waals surface area contributed by atoms with Gasteiger partial charge in [-0.05, 0) is 18.4 Å². The van der Waals surface area contributed by atoms with Gasteiger partial charge in [-0.3, -0.25) is 0 Å². The zero-order chi connectivity index (χ0) is 9.97. The predicted octanol–water partition coefficient (Wildman–Crippen LogP) is 2.71. The van der Waals surface area contributed by atoms with Crippen LogP contribution in [0.5, 0.6) is 0 Å². The van der Waals surface area contributed by atoms with Crippen molar-refractivity contribution in [1.82, 2.24) is 4.98 Å². The maximum absolute atomic E-state index is 8.82. The Kier molecular flexibility index (Phi) is 2.96.